The van der Waals surface area contributed by atoms with Gasteiger partial charge < -0.3 is 10.6 Å². The van der Waals surface area contributed by atoms with Gasteiger partial charge in [0.1, 0.15) is 0 Å². The maximum Gasteiger partial charge on any atom is 0.237 e. The topological polar surface area (TPSA) is 58.2 Å². The molecule has 0 aliphatic heterocycles. The molecule has 5 heteroatoms. The largest absolute Gasteiger partial charge is 0.326 e. The lowest BCUT2D eigenvalue weighted by Gasteiger charge is -2.12. The van der Waals surface area contributed by atoms with Gasteiger partial charge in [0.05, 0.1) is 5.25 Å². The zero-order valence-electron chi connectivity index (χ0n) is 12.2. The first-order valence-corrected chi connectivity index (χ1v) is 7.88. The molecule has 1 rings (SSSR count). The number of carbonyl (C=O) groups is 2. The van der Waals surface area contributed by atoms with Crippen LogP contribution >= 0.6 is 11.8 Å². The predicted octanol–water partition coefficient (Wildman–Crippen LogP) is 3.51. The van der Waals surface area contributed by atoms with Crippen LogP contribution in [0.5, 0.6) is 0 Å². The lowest BCUT2D eigenvalue weighted by atomic mass is 10.2. The lowest BCUT2D eigenvalue weighted by Crippen LogP contribution is -2.22. The summed E-state index contributed by atoms with van der Waals surface area (Å²) in [5.41, 5.74) is 1.47. The average molecular weight is 294 g/mol. The number of benzene rings is 1. The van der Waals surface area contributed by atoms with Gasteiger partial charge in [-0.05, 0) is 43.4 Å². The van der Waals surface area contributed by atoms with Crippen LogP contribution in [-0.2, 0) is 9.59 Å². The maximum absolute atomic E-state index is 12.0. The Kier molecular flexibility index (Phi) is 7.15. The van der Waals surface area contributed by atoms with Gasteiger partial charge in [0.25, 0.3) is 0 Å². The highest BCUT2D eigenvalue weighted by Crippen LogP contribution is 2.17. The van der Waals surface area contributed by atoms with Crippen LogP contribution in [0.25, 0.3) is 0 Å². The lowest BCUT2D eigenvalue weighted by molar-refractivity contribution is -0.115. The van der Waals surface area contributed by atoms with Crippen molar-refractivity contribution in [2.45, 2.75) is 38.9 Å². The Morgan fingerprint density at radius 1 is 1.15 bits per heavy atom. The number of rotatable bonds is 7. The Balaban J connectivity index is 2.47. The molecule has 1 atom stereocenters. The maximum atomic E-state index is 12.0. The van der Waals surface area contributed by atoms with E-state index in [9.17, 15) is 9.59 Å². The molecule has 110 valence electrons. The van der Waals surface area contributed by atoms with Crippen LogP contribution in [0, 0.1) is 0 Å². The Hall–Kier alpha value is -1.49. The fourth-order valence-electron chi connectivity index (χ4n) is 1.56. The van der Waals surface area contributed by atoms with Gasteiger partial charge in [0, 0.05) is 18.3 Å². The van der Waals surface area contributed by atoms with Gasteiger partial charge in [-0.1, -0.05) is 13.3 Å². The van der Waals surface area contributed by atoms with Crippen molar-refractivity contribution in [2.24, 2.45) is 0 Å². The molecule has 0 heterocycles. The molecule has 20 heavy (non-hydrogen) atoms. The van der Waals surface area contributed by atoms with Crippen LogP contribution in [0.3, 0.4) is 0 Å². The molecule has 0 radical (unpaired) electrons. The molecule has 0 aromatic heterocycles. The number of hydrogen-bond acceptors (Lipinski definition) is 3. The molecule has 0 aliphatic carbocycles. The summed E-state index contributed by atoms with van der Waals surface area (Å²) in [5, 5.41) is 5.50. The van der Waals surface area contributed by atoms with Gasteiger partial charge in [0.15, 0.2) is 0 Å². The van der Waals surface area contributed by atoms with Gasteiger partial charge in [-0.3, -0.25) is 9.59 Å². The molecule has 1 aromatic carbocycles. The van der Waals surface area contributed by atoms with Gasteiger partial charge in [-0.15, -0.1) is 11.8 Å². The second-order valence-electron chi connectivity index (χ2n) is 4.61. The molecule has 2 amide bonds. The first-order valence-electron chi connectivity index (χ1n) is 6.83. The van der Waals surface area contributed by atoms with E-state index in [1.165, 1.54) is 6.92 Å². The summed E-state index contributed by atoms with van der Waals surface area (Å²) in [6, 6.07) is 7.11. The van der Waals surface area contributed by atoms with E-state index < -0.39 is 0 Å². The Labute approximate surface area is 124 Å². The summed E-state index contributed by atoms with van der Waals surface area (Å²) >= 11 is 1.67. The summed E-state index contributed by atoms with van der Waals surface area (Å²) in [6.45, 7) is 5.52. The fourth-order valence-corrected chi connectivity index (χ4v) is 2.58. The Bertz CT molecular complexity index is 446. The Morgan fingerprint density at radius 2 is 1.70 bits per heavy atom. The summed E-state index contributed by atoms with van der Waals surface area (Å²) in [4.78, 5) is 22.9. The van der Waals surface area contributed by atoms with Crippen LogP contribution < -0.4 is 10.6 Å². The van der Waals surface area contributed by atoms with Crippen molar-refractivity contribution in [3.8, 4) is 0 Å². The molecule has 0 spiro atoms. The smallest absolute Gasteiger partial charge is 0.237 e. The van der Waals surface area contributed by atoms with Gasteiger partial charge in [-0.25, -0.2) is 0 Å². The van der Waals surface area contributed by atoms with Gasteiger partial charge in [-0.2, -0.15) is 0 Å². The second kappa shape index (κ2) is 8.64. The van der Waals surface area contributed by atoms with E-state index in [4.69, 9.17) is 0 Å². The van der Waals surface area contributed by atoms with Crippen LogP contribution in [0.2, 0.25) is 0 Å². The third-order valence-corrected chi connectivity index (χ3v) is 3.95. The van der Waals surface area contributed by atoms with E-state index in [2.05, 4.69) is 17.6 Å². The van der Waals surface area contributed by atoms with Crippen LogP contribution in [0.15, 0.2) is 24.3 Å². The minimum absolute atomic E-state index is 0.0124. The molecule has 0 saturated heterocycles. The predicted molar refractivity (Wildman–Crippen MR) is 86.2 cm³/mol. The van der Waals surface area contributed by atoms with Crippen LogP contribution in [0.1, 0.15) is 33.6 Å². The standard InChI is InChI=1S/C15H22N2O2S/c1-4-5-10-20-11(2)15(19)17-14-8-6-13(7-9-14)16-12(3)18/h6-9,11H,4-5,10H2,1-3H3,(H,16,18)(H,17,19). The van der Waals surface area contributed by atoms with Crippen molar-refractivity contribution in [2.75, 3.05) is 16.4 Å². The number of thioether (sulfide) groups is 1. The minimum atomic E-state index is -0.109. The summed E-state index contributed by atoms with van der Waals surface area (Å²) in [6.07, 6.45) is 2.28. The highest BCUT2D eigenvalue weighted by Gasteiger charge is 2.12. The number of carbonyl (C=O) groups excluding carboxylic acids is 2. The average Bonchev–Trinajstić information content (AvgIpc) is 2.40. The van der Waals surface area contributed by atoms with Crippen molar-refractivity contribution in [3.63, 3.8) is 0 Å². The van der Waals surface area contributed by atoms with Crippen molar-refractivity contribution < 1.29 is 9.59 Å². The number of anilines is 2. The molecule has 1 aromatic rings. The molecule has 4 nitrogen and oxygen atoms in total. The number of unbranched alkanes of at least 4 members (excludes halogenated alkanes) is 1. The molecule has 1 unspecified atom stereocenters. The molecular formula is C15H22N2O2S. The van der Waals surface area contributed by atoms with E-state index in [0.717, 1.165) is 30.0 Å². The zero-order chi connectivity index (χ0) is 15.0. The number of hydrogen-bond donors (Lipinski definition) is 2. The van der Waals surface area contributed by atoms with E-state index >= 15 is 0 Å². The summed E-state index contributed by atoms with van der Waals surface area (Å²) < 4.78 is 0. The third-order valence-electron chi connectivity index (χ3n) is 2.71. The molecule has 0 aliphatic rings. The minimum Gasteiger partial charge on any atom is -0.326 e. The fraction of sp³-hybridized carbons (Fsp3) is 0.467. The van der Waals surface area contributed by atoms with Crippen molar-refractivity contribution in [1.29, 1.82) is 0 Å². The first-order chi connectivity index (χ1) is 9.52. The highest BCUT2D eigenvalue weighted by atomic mass is 32.2. The van der Waals surface area contributed by atoms with Crippen LogP contribution in [0.4, 0.5) is 11.4 Å². The molecule has 0 bridgehead atoms. The zero-order valence-corrected chi connectivity index (χ0v) is 13.0. The first kappa shape index (κ1) is 16.6. The van der Waals surface area contributed by atoms with Gasteiger partial charge >= 0.3 is 0 Å². The summed E-state index contributed by atoms with van der Waals surface area (Å²) in [7, 11) is 0. The van der Waals surface area contributed by atoms with E-state index in [-0.39, 0.29) is 17.1 Å². The summed E-state index contributed by atoms with van der Waals surface area (Å²) in [5.74, 6) is 0.910. The van der Waals surface area contributed by atoms with E-state index in [0.29, 0.717) is 0 Å². The second-order valence-corrected chi connectivity index (χ2v) is 6.06. The molecular weight excluding hydrogens is 272 g/mol. The Morgan fingerprint density at radius 3 is 2.20 bits per heavy atom. The molecule has 2 N–H and O–H groups in total. The number of amides is 2. The normalized spacial score (nSPS) is 11.8. The quantitative estimate of drug-likeness (QED) is 0.757. The monoisotopic (exact) mass is 294 g/mol. The molecule has 0 saturated carbocycles. The highest BCUT2D eigenvalue weighted by molar-refractivity contribution is 8.00. The number of nitrogens with one attached hydrogen (secondary N) is 2. The third kappa shape index (κ3) is 6.10. The molecule has 0 fully saturated rings. The van der Waals surface area contributed by atoms with Crippen molar-refractivity contribution in [3.05, 3.63) is 24.3 Å². The van der Waals surface area contributed by atoms with Crippen LogP contribution in [-0.4, -0.2) is 22.8 Å². The van der Waals surface area contributed by atoms with E-state index in [1.807, 2.05) is 6.92 Å². The van der Waals surface area contributed by atoms with E-state index in [1.54, 1.807) is 36.0 Å². The van der Waals surface area contributed by atoms with Crippen molar-refractivity contribution >= 4 is 35.0 Å². The van der Waals surface area contributed by atoms with Crippen molar-refractivity contribution in [1.82, 2.24) is 0 Å². The van der Waals surface area contributed by atoms with Gasteiger partial charge in [0.2, 0.25) is 11.8 Å². The SMILES string of the molecule is CCCCSC(C)C(=O)Nc1ccc(NC(C)=O)cc1.